The van der Waals surface area contributed by atoms with Gasteiger partial charge in [0, 0.05) is 6.20 Å². The van der Waals surface area contributed by atoms with E-state index in [1.54, 1.807) is 0 Å². The van der Waals surface area contributed by atoms with Gasteiger partial charge in [-0.25, -0.2) is 4.39 Å². The van der Waals surface area contributed by atoms with E-state index < -0.39 is 22.0 Å². The Bertz CT molecular complexity index is 606. The number of benzene rings is 1. The summed E-state index contributed by atoms with van der Waals surface area (Å²) >= 11 is 0. The number of nitrogens with zero attached hydrogens (tertiary/aromatic N) is 1. The maximum absolute atomic E-state index is 13.0. The predicted octanol–water partition coefficient (Wildman–Crippen LogP) is 1.58. The number of aromatic nitrogens is 1. The minimum Gasteiger partial charge on any atom is -0.329 e. The molecule has 1 aromatic heterocycles. The first-order chi connectivity index (χ1) is 7.09. The molecule has 6 heteroatoms. The third kappa shape index (κ3) is 1.45. The summed E-state index contributed by atoms with van der Waals surface area (Å²) in [4.78, 5) is 23.5. The molecule has 0 bridgehead atoms. The van der Waals surface area contributed by atoms with Crippen LogP contribution in [0.4, 0.5) is 10.1 Å². The van der Waals surface area contributed by atoms with E-state index in [9.17, 15) is 19.3 Å². The number of fused-ring (bicyclic) bond motifs is 1. The molecule has 0 saturated carbocycles. The first-order valence-electron chi connectivity index (χ1n) is 4.05. The summed E-state index contributed by atoms with van der Waals surface area (Å²) in [5, 5.41) is 10.7. The Labute approximate surface area is 82.3 Å². The number of aromatic amines is 1. The molecule has 1 heterocycles. The summed E-state index contributed by atoms with van der Waals surface area (Å²) < 4.78 is 13.0. The number of H-pyrrole nitrogens is 1. The topological polar surface area (TPSA) is 76.0 Å². The van der Waals surface area contributed by atoms with Gasteiger partial charge in [0.2, 0.25) is 0 Å². The van der Waals surface area contributed by atoms with Crippen LogP contribution < -0.4 is 5.56 Å². The Kier molecular flexibility index (Phi) is 1.96. The third-order valence-electron chi connectivity index (χ3n) is 2.03. The number of pyridine rings is 1. The first-order valence-corrected chi connectivity index (χ1v) is 4.05. The number of nitro benzene ring substituents is 1. The molecular formula is C9H5FN2O3. The predicted molar refractivity (Wildman–Crippen MR) is 51.2 cm³/mol. The van der Waals surface area contributed by atoms with Crippen LogP contribution in [0, 0.1) is 15.9 Å². The maximum Gasteiger partial charge on any atom is 0.280 e. The number of nitrogens with one attached hydrogen (secondary N) is 1. The normalized spacial score (nSPS) is 10.5. The standard InChI is InChI=1S/C9H5FN2O3/c10-5-3-7-6(1-2-11-9(7)13)8(4-5)12(14)15/h1-4H,(H,11,13). The Balaban J connectivity index is 2.99. The highest BCUT2D eigenvalue weighted by Gasteiger charge is 2.15. The third-order valence-corrected chi connectivity index (χ3v) is 2.03. The summed E-state index contributed by atoms with van der Waals surface area (Å²) in [7, 11) is 0. The minimum atomic E-state index is -0.800. The van der Waals surface area contributed by atoms with Crippen molar-refractivity contribution < 1.29 is 9.31 Å². The largest absolute Gasteiger partial charge is 0.329 e. The van der Waals surface area contributed by atoms with Gasteiger partial charge in [0.05, 0.1) is 21.8 Å². The van der Waals surface area contributed by atoms with Crippen molar-refractivity contribution in [1.82, 2.24) is 4.98 Å². The van der Waals surface area contributed by atoms with Gasteiger partial charge in [-0.1, -0.05) is 0 Å². The molecule has 0 aliphatic rings. The van der Waals surface area contributed by atoms with Crippen LogP contribution in [0.15, 0.2) is 29.2 Å². The van der Waals surface area contributed by atoms with E-state index >= 15 is 0 Å². The molecule has 76 valence electrons. The van der Waals surface area contributed by atoms with Crippen LogP contribution in [0.3, 0.4) is 0 Å². The highest BCUT2D eigenvalue weighted by atomic mass is 19.1. The lowest BCUT2D eigenvalue weighted by Gasteiger charge is -1.98. The zero-order valence-electron chi connectivity index (χ0n) is 7.36. The fraction of sp³-hybridized carbons (Fsp3) is 0. The number of nitro groups is 1. The fourth-order valence-electron chi connectivity index (χ4n) is 1.40. The zero-order chi connectivity index (χ0) is 11.0. The van der Waals surface area contributed by atoms with Gasteiger partial charge < -0.3 is 4.98 Å². The first kappa shape index (κ1) is 9.32. The molecule has 5 nitrogen and oxygen atoms in total. The smallest absolute Gasteiger partial charge is 0.280 e. The molecule has 0 radical (unpaired) electrons. The van der Waals surface area contributed by atoms with E-state index in [1.807, 2.05) is 0 Å². The van der Waals surface area contributed by atoms with Crippen molar-refractivity contribution in [3.63, 3.8) is 0 Å². The van der Waals surface area contributed by atoms with Gasteiger partial charge in [-0.05, 0) is 12.1 Å². The molecule has 0 saturated heterocycles. The summed E-state index contributed by atoms with van der Waals surface area (Å²) in [5.74, 6) is -0.800. The van der Waals surface area contributed by atoms with Crippen molar-refractivity contribution in [2.24, 2.45) is 0 Å². The molecule has 1 N–H and O–H groups in total. The van der Waals surface area contributed by atoms with Crippen LogP contribution >= 0.6 is 0 Å². The Hall–Kier alpha value is -2.24. The summed E-state index contributed by atoms with van der Waals surface area (Å²) in [6.45, 7) is 0. The number of hydrogen-bond donors (Lipinski definition) is 1. The Morgan fingerprint density at radius 3 is 2.73 bits per heavy atom. The lowest BCUT2D eigenvalue weighted by molar-refractivity contribution is -0.383. The van der Waals surface area contributed by atoms with Crippen molar-refractivity contribution in [3.8, 4) is 0 Å². The van der Waals surface area contributed by atoms with Gasteiger partial charge in [0.15, 0.2) is 0 Å². The highest BCUT2D eigenvalue weighted by molar-refractivity contribution is 5.89. The second kappa shape index (κ2) is 3.16. The van der Waals surface area contributed by atoms with Gasteiger partial charge in [-0.2, -0.15) is 0 Å². The molecule has 15 heavy (non-hydrogen) atoms. The van der Waals surface area contributed by atoms with Gasteiger partial charge in [-0.3, -0.25) is 14.9 Å². The quantitative estimate of drug-likeness (QED) is 0.570. The van der Waals surface area contributed by atoms with Crippen LogP contribution in [-0.4, -0.2) is 9.91 Å². The van der Waals surface area contributed by atoms with Crippen molar-refractivity contribution in [1.29, 1.82) is 0 Å². The highest BCUT2D eigenvalue weighted by Crippen LogP contribution is 2.23. The second-order valence-electron chi connectivity index (χ2n) is 2.95. The SMILES string of the molecule is O=c1[nH]ccc2c([N+](=O)[O-])cc(F)cc12. The molecule has 0 fully saturated rings. The van der Waals surface area contributed by atoms with Crippen LogP contribution in [0.2, 0.25) is 0 Å². The summed E-state index contributed by atoms with van der Waals surface area (Å²) in [6.07, 6.45) is 1.29. The molecule has 0 amide bonds. The summed E-state index contributed by atoms with van der Waals surface area (Å²) in [6, 6.07) is 3.14. The molecule has 0 spiro atoms. The van der Waals surface area contributed by atoms with Crippen LogP contribution in [0.1, 0.15) is 0 Å². The van der Waals surface area contributed by atoms with Gasteiger partial charge >= 0.3 is 0 Å². The van der Waals surface area contributed by atoms with E-state index in [1.165, 1.54) is 12.3 Å². The number of non-ortho nitro benzene ring substituents is 1. The average Bonchev–Trinajstić information content (AvgIpc) is 2.18. The number of hydrogen-bond acceptors (Lipinski definition) is 3. The van der Waals surface area contributed by atoms with Gasteiger partial charge in [-0.15, -0.1) is 0 Å². The van der Waals surface area contributed by atoms with Crippen molar-refractivity contribution >= 4 is 16.5 Å². The monoisotopic (exact) mass is 208 g/mol. The molecule has 0 unspecified atom stereocenters. The fourth-order valence-corrected chi connectivity index (χ4v) is 1.40. The van der Waals surface area contributed by atoms with Crippen molar-refractivity contribution in [2.75, 3.05) is 0 Å². The Morgan fingerprint density at radius 2 is 2.07 bits per heavy atom. The molecule has 0 aliphatic heterocycles. The zero-order valence-corrected chi connectivity index (χ0v) is 7.36. The van der Waals surface area contributed by atoms with E-state index in [0.717, 1.165) is 12.1 Å². The van der Waals surface area contributed by atoms with E-state index in [2.05, 4.69) is 4.98 Å². The van der Waals surface area contributed by atoms with Crippen LogP contribution in [0.25, 0.3) is 10.8 Å². The van der Waals surface area contributed by atoms with Crippen molar-refractivity contribution in [3.05, 3.63) is 50.7 Å². The van der Waals surface area contributed by atoms with E-state index in [0.29, 0.717) is 0 Å². The number of rotatable bonds is 1. The van der Waals surface area contributed by atoms with Crippen molar-refractivity contribution in [2.45, 2.75) is 0 Å². The molecule has 2 rings (SSSR count). The molecule has 0 atom stereocenters. The van der Waals surface area contributed by atoms with Crippen LogP contribution in [0.5, 0.6) is 0 Å². The molecule has 1 aromatic carbocycles. The average molecular weight is 208 g/mol. The summed E-state index contributed by atoms with van der Waals surface area (Å²) in [5.41, 5.74) is -0.953. The lowest BCUT2D eigenvalue weighted by Crippen LogP contribution is -2.06. The number of halogens is 1. The molecular weight excluding hydrogens is 203 g/mol. The molecule has 2 aromatic rings. The van der Waals surface area contributed by atoms with E-state index in [-0.39, 0.29) is 10.8 Å². The minimum absolute atomic E-state index is 0.0239. The van der Waals surface area contributed by atoms with E-state index in [4.69, 9.17) is 0 Å². The Morgan fingerprint density at radius 1 is 1.33 bits per heavy atom. The lowest BCUT2D eigenvalue weighted by atomic mass is 10.1. The maximum atomic E-state index is 13.0. The van der Waals surface area contributed by atoms with Gasteiger partial charge in [0.25, 0.3) is 11.2 Å². The van der Waals surface area contributed by atoms with Gasteiger partial charge in [0.1, 0.15) is 5.82 Å². The molecule has 0 aliphatic carbocycles. The van der Waals surface area contributed by atoms with Crippen LogP contribution in [-0.2, 0) is 0 Å². The second-order valence-corrected chi connectivity index (χ2v) is 2.95.